The van der Waals surface area contributed by atoms with Crippen LogP contribution in [0, 0.1) is 0 Å². The minimum atomic E-state index is -3.72. The molecule has 0 spiro atoms. The zero-order chi connectivity index (χ0) is 14.7. The highest BCUT2D eigenvalue weighted by molar-refractivity contribution is 7.87. The molecular weight excluding hydrogens is 268 g/mol. The van der Waals surface area contributed by atoms with Crippen molar-refractivity contribution in [1.29, 1.82) is 0 Å². The molecule has 0 unspecified atom stereocenters. The van der Waals surface area contributed by atoms with E-state index < -0.39 is 21.3 Å². The van der Waals surface area contributed by atoms with Gasteiger partial charge in [0.05, 0.1) is 5.54 Å². The molecule has 7 nitrogen and oxygen atoms in total. The lowest BCUT2D eigenvalue weighted by Crippen LogP contribution is -2.62. The molecule has 0 bridgehead atoms. The fourth-order valence-electron chi connectivity index (χ4n) is 2.35. The summed E-state index contributed by atoms with van der Waals surface area (Å²) in [4.78, 5) is 0. The van der Waals surface area contributed by atoms with Crippen molar-refractivity contribution >= 4 is 16.0 Å². The first kappa shape index (κ1) is 16.2. The van der Waals surface area contributed by atoms with Crippen molar-refractivity contribution in [2.45, 2.75) is 64.0 Å². The van der Waals surface area contributed by atoms with E-state index in [1.165, 1.54) is 0 Å². The molecule has 19 heavy (non-hydrogen) atoms. The molecule has 1 saturated carbocycles. The Bertz CT molecular complexity index is 433. The monoisotopic (exact) mass is 292 g/mol. The van der Waals surface area contributed by atoms with Crippen LogP contribution in [0.5, 0.6) is 0 Å². The van der Waals surface area contributed by atoms with Crippen molar-refractivity contribution in [3.05, 3.63) is 0 Å². The molecule has 0 radical (unpaired) electrons. The third-order valence-corrected chi connectivity index (χ3v) is 4.62. The normalized spacial score (nSPS) is 21.3. The molecule has 0 aromatic rings. The molecule has 112 valence electrons. The Morgan fingerprint density at radius 2 is 1.79 bits per heavy atom. The molecule has 0 aromatic heterocycles. The van der Waals surface area contributed by atoms with Crippen LogP contribution in [0.15, 0.2) is 5.16 Å². The van der Waals surface area contributed by atoms with Gasteiger partial charge in [0, 0.05) is 5.54 Å². The predicted molar refractivity (Wildman–Crippen MR) is 74.2 cm³/mol. The number of hydrogen-bond acceptors (Lipinski definition) is 4. The zero-order valence-electron chi connectivity index (χ0n) is 11.7. The van der Waals surface area contributed by atoms with Crippen LogP contribution in [0.2, 0.25) is 0 Å². The third-order valence-electron chi connectivity index (χ3n) is 3.08. The second-order valence-electron chi connectivity index (χ2n) is 6.09. The van der Waals surface area contributed by atoms with Gasteiger partial charge in [-0.2, -0.15) is 17.9 Å². The molecule has 5 N–H and O–H groups in total. The summed E-state index contributed by atoms with van der Waals surface area (Å²) in [5.41, 5.74) is 4.13. The highest BCUT2D eigenvalue weighted by atomic mass is 32.2. The van der Waals surface area contributed by atoms with Gasteiger partial charge in [-0.3, -0.25) is 0 Å². The maximum Gasteiger partial charge on any atom is 0.278 e. The van der Waals surface area contributed by atoms with Gasteiger partial charge < -0.3 is 10.9 Å². The second kappa shape index (κ2) is 5.64. The summed E-state index contributed by atoms with van der Waals surface area (Å²) >= 11 is 0. The van der Waals surface area contributed by atoms with Crippen LogP contribution >= 0.6 is 0 Å². The molecule has 0 atom stereocenters. The molecule has 0 heterocycles. The topological polar surface area (TPSA) is 117 Å². The van der Waals surface area contributed by atoms with Gasteiger partial charge in [0.15, 0.2) is 5.84 Å². The number of nitrogens with zero attached hydrogens (tertiary/aromatic N) is 1. The standard InChI is InChI=1S/C11H24N4O3S/c1-10(2,3)14-19(17,18)15-11(9(12)13-16)7-5-4-6-8-11/h14-16H,4-8H2,1-3H3,(H2,12,13). The minimum Gasteiger partial charge on any atom is -0.409 e. The first-order valence-electron chi connectivity index (χ1n) is 6.41. The Morgan fingerprint density at radius 3 is 2.21 bits per heavy atom. The highest BCUT2D eigenvalue weighted by Crippen LogP contribution is 2.29. The fourth-order valence-corrected chi connectivity index (χ4v) is 4.03. The van der Waals surface area contributed by atoms with E-state index in [0.29, 0.717) is 12.8 Å². The van der Waals surface area contributed by atoms with Gasteiger partial charge in [-0.25, -0.2) is 0 Å². The summed E-state index contributed by atoms with van der Waals surface area (Å²) in [6, 6.07) is 0. The molecule has 1 fully saturated rings. The number of nitrogens with two attached hydrogens (primary N) is 1. The number of nitrogens with one attached hydrogen (secondary N) is 2. The lowest BCUT2D eigenvalue weighted by atomic mass is 9.82. The van der Waals surface area contributed by atoms with Crippen molar-refractivity contribution in [2.24, 2.45) is 10.9 Å². The predicted octanol–water partition coefficient (Wildman–Crippen LogP) is 0.658. The van der Waals surface area contributed by atoms with Crippen LogP contribution in [0.3, 0.4) is 0 Å². The molecule has 0 amide bonds. The van der Waals surface area contributed by atoms with E-state index in [1.54, 1.807) is 20.8 Å². The summed E-state index contributed by atoms with van der Waals surface area (Å²) in [6.07, 6.45) is 3.78. The van der Waals surface area contributed by atoms with E-state index in [9.17, 15) is 8.42 Å². The quantitative estimate of drug-likeness (QED) is 0.263. The average Bonchev–Trinajstić information content (AvgIpc) is 2.25. The highest BCUT2D eigenvalue weighted by Gasteiger charge is 2.40. The summed E-state index contributed by atoms with van der Waals surface area (Å²) in [5, 5.41) is 11.9. The van der Waals surface area contributed by atoms with Gasteiger partial charge in [0.2, 0.25) is 0 Å². The molecule has 0 aliphatic heterocycles. The minimum absolute atomic E-state index is 0.0773. The Morgan fingerprint density at radius 1 is 1.26 bits per heavy atom. The number of rotatable bonds is 4. The Kier molecular flexibility index (Phi) is 4.81. The van der Waals surface area contributed by atoms with E-state index in [4.69, 9.17) is 10.9 Å². The molecular formula is C11H24N4O3S. The Labute approximate surface area is 114 Å². The van der Waals surface area contributed by atoms with Crippen molar-refractivity contribution in [2.75, 3.05) is 0 Å². The van der Waals surface area contributed by atoms with Crippen LogP contribution in [0.1, 0.15) is 52.9 Å². The lowest BCUT2D eigenvalue weighted by Gasteiger charge is -2.37. The first-order chi connectivity index (χ1) is 8.60. The van der Waals surface area contributed by atoms with E-state index in [0.717, 1.165) is 19.3 Å². The van der Waals surface area contributed by atoms with E-state index in [2.05, 4.69) is 14.6 Å². The van der Waals surface area contributed by atoms with Gasteiger partial charge in [-0.1, -0.05) is 24.4 Å². The summed E-state index contributed by atoms with van der Waals surface area (Å²) in [5.74, 6) is -0.0773. The van der Waals surface area contributed by atoms with E-state index in [-0.39, 0.29) is 5.84 Å². The average molecular weight is 292 g/mol. The van der Waals surface area contributed by atoms with Gasteiger partial charge in [0.25, 0.3) is 10.2 Å². The zero-order valence-corrected chi connectivity index (χ0v) is 12.5. The first-order valence-corrected chi connectivity index (χ1v) is 7.89. The maximum absolute atomic E-state index is 12.1. The summed E-state index contributed by atoms with van der Waals surface area (Å²) in [7, 11) is -3.72. The number of amidine groups is 1. The van der Waals surface area contributed by atoms with Crippen molar-refractivity contribution in [1.82, 2.24) is 9.44 Å². The van der Waals surface area contributed by atoms with Gasteiger partial charge in [-0.05, 0) is 33.6 Å². The van der Waals surface area contributed by atoms with Gasteiger partial charge in [0.1, 0.15) is 0 Å². The Balaban J connectivity index is 2.96. The molecule has 1 aliphatic rings. The summed E-state index contributed by atoms with van der Waals surface area (Å²) < 4.78 is 29.3. The summed E-state index contributed by atoms with van der Waals surface area (Å²) in [6.45, 7) is 5.26. The molecule has 1 aliphatic carbocycles. The Hall–Kier alpha value is -0.860. The third kappa shape index (κ3) is 4.63. The van der Waals surface area contributed by atoms with Crippen LogP contribution in [0.25, 0.3) is 0 Å². The fraction of sp³-hybridized carbons (Fsp3) is 0.909. The number of oxime groups is 1. The lowest BCUT2D eigenvalue weighted by molar-refractivity contribution is 0.293. The van der Waals surface area contributed by atoms with E-state index >= 15 is 0 Å². The van der Waals surface area contributed by atoms with Crippen molar-refractivity contribution < 1.29 is 13.6 Å². The van der Waals surface area contributed by atoms with E-state index in [1.807, 2.05) is 0 Å². The van der Waals surface area contributed by atoms with Gasteiger partial charge >= 0.3 is 0 Å². The SMILES string of the molecule is CC(C)(C)NS(=O)(=O)NC1(C(N)=NO)CCCCC1. The van der Waals surface area contributed by atoms with Crippen LogP contribution in [-0.4, -0.2) is 30.5 Å². The van der Waals surface area contributed by atoms with Crippen molar-refractivity contribution in [3.8, 4) is 0 Å². The van der Waals surface area contributed by atoms with Crippen LogP contribution < -0.4 is 15.2 Å². The molecule has 0 saturated heterocycles. The molecule has 1 rings (SSSR count). The van der Waals surface area contributed by atoms with Gasteiger partial charge in [-0.15, -0.1) is 0 Å². The largest absolute Gasteiger partial charge is 0.409 e. The van der Waals surface area contributed by atoms with Crippen LogP contribution in [0.4, 0.5) is 0 Å². The number of hydrogen-bond donors (Lipinski definition) is 4. The second-order valence-corrected chi connectivity index (χ2v) is 7.50. The molecule has 8 heteroatoms. The maximum atomic E-state index is 12.1. The van der Waals surface area contributed by atoms with Crippen LogP contribution in [-0.2, 0) is 10.2 Å². The smallest absolute Gasteiger partial charge is 0.278 e. The van der Waals surface area contributed by atoms with Crippen molar-refractivity contribution in [3.63, 3.8) is 0 Å². The molecule has 0 aromatic carbocycles.